The molecule has 0 unspecified atom stereocenters. The summed E-state index contributed by atoms with van der Waals surface area (Å²) < 4.78 is 13.2. The highest BCUT2D eigenvalue weighted by molar-refractivity contribution is 5.72. The number of nitrogens with zero attached hydrogens (tertiary/aromatic N) is 4. The molecule has 0 radical (unpaired) electrons. The Kier molecular flexibility index (Phi) is 6.28. The van der Waals surface area contributed by atoms with E-state index in [9.17, 15) is 4.79 Å². The number of pyridine rings is 1. The fourth-order valence-corrected chi connectivity index (χ4v) is 3.58. The van der Waals surface area contributed by atoms with Crippen LogP contribution < -0.4 is 10.5 Å². The third-order valence-electron chi connectivity index (χ3n) is 5.02. The average Bonchev–Trinajstić information content (AvgIpc) is 3.03. The molecule has 2 atom stereocenters. The van der Waals surface area contributed by atoms with Crippen LogP contribution in [0.15, 0.2) is 12.1 Å². The summed E-state index contributed by atoms with van der Waals surface area (Å²) in [6, 6.07) is 3.78. The summed E-state index contributed by atoms with van der Waals surface area (Å²) in [6.45, 7) is 6.00. The molecule has 2 N–H and O–H groups in total. The number of aromatic nitrogens is 4. The highest BCUT2D eigenvalue weighted by Gasteiger charge is 2.30. The summed E-state index contributed by atoms with van der Waals surface area (Å²) in [5.74, 6) is 0.510. The first-order chi connectivity index (χ1) is 13.4. The van der Waals surface area contributed by atoms with Gasteiger partial charge in [0.25, 0.3) is 0 Å². The molecule has 1 saturated carbocycles. The highest BCUT2D eigenvalue weighted by atomic mass is 16.5. The zero-order chi connectivity index (χ0) is 20.3. The van der Waals surface area contributed by atoms with E-state index in [1.165, 1.54) is 0 Å². The van der Waals surface area contributed by atoms with Crippen molar-refractivity contribution in [1.82, 2.24) is 20.0 Å². The first-order valence-electron chi connectivity index (χ1n) is 9.82. The lowest BCUT2D eigenvalue weighted by molar-refractivity contribution is -0.154. The third kappa shape index (κ3) is 4.49. The minimum Gasteiger partial charge on any atom is -0.489 e. The number of aryl methyl sites for hydroxylation is 2. The van der Waals surface area contributed by atoms with Crippen LogP contribution in [0.25, 0.3) is 11.4 Å². The zero-order valence-corrected chi connectivity index (χ0v) is 17.0. The first kappa shape index (κ1) is 20.3. The van der Waals surface area contributed by atoms with Crippen molar-refractivity contribution in [3.05, 3.63) is 23.5 Å². The maximum atomic E-state index is 12.2. The number of carbonyl (C=O) groups is 1. The van der Waals surface area contributed by atoms with Gasteiger partial charge < -0.3 is 15.2 Å². The second kappa shape index (κ2) is 8.68. The number of rotatable bonds is 6. The number of esters is 1. The number of hydrogen-bond donors (Lipinski definition) is 1. The molecule has 1 aliphatic rings. The molecule has 3 rings (SSSR count). The van der Waals surface area contributed by atoms with Gasteiger partial charge >= 0.3 is 5.97 Å². The first-order valence-corrected chi connectivity index (χ1v) is 9.82. The Morgan fingerprint density at radius 3 is 2.82 bits per heavy atom. The lowest BCUT2D eigenvalue weighted by Crippen LogP contribution is -2.31. The number of nitrogens with two attached hydrogens (primary N) is 1. The minimum absolute atomic E-state index is 0.0130. The van der Waals surface area contributed by atoms with E-state index in [-0.39, 0.29) is 24.1 Å². The van der Waals surface area contributed by atoms with Crippen LogP contribution in [0.5, 0.6) is 5.75 Å². The summed E-state index contributed by atoms with van der Waals surface area (Å²) >= 11 is 0. The molecule has 0 amide bonds. The van der Waals surface area contributed by atoms with Gasteiger partial charge in [-0.1, -0.05) is 5.21 Å². The van der Waals surface area contributed by atoms with Crippen molar-refractivity contribution in [3.8, 4) is 17.1 Å². The van der Waals surface area contributed by atoms with Gasteiger partial charge in [0.2, 0.25) is 0 Å². The molecule has 152 valence electrons. The van der Waals surface area contributed by atoms with Crippen LogP contribution in [-0.4, -0.2) is 38.2 Å². The van der Waals surface area contributed by atoms with E-state index in [1.807, 2.05) is 40.0 Å². The van der Waals surface area contributed by atoms with E-state index in [0.717, 1.165) is 42.1 Å². The minimum atomic E-state index is -0.120. The fraction of sp³-hybridized carbons (Fsp3) is 0.600. The molecule has 0 spiro atoms. The summed E-state index contributed by atoms with van der Waals surface area (Å²) in [4.78, 5) is 16.9. The van der Waals surface area contributed by atoms with Crippen LogP contribution in [0, 0.1) is 12.8 Å². The van der Waals surface area contributed by atoms with Crippen LogP contribution in [0.4, 0.5) is 0 Å². The van der Waals surface area contributed by atoms with E-state index >= 15 is 0 Å². The van der Waals surface area contributed by atoms with Gasteiger partial charge in [-0.15, -0.1) is 5.10 Å². The van der Waals surface area contributed by atoms with Crippen molar-refractivity contribution in [2.75, 3.05) is 0 Å². The van der Waals surface area contributed by atoms with Gasteiger partial charge in [-0.3, -0.25) is 9.48 Å². The maximum absolute atomic E-state index is 12.2. The predicted molar refractivity (Wildman–Crippen MR) is 104 cm³/mol. The van der Waals surface area contributed by atoms with E-state index < -0.39 is 0 Å². The topological polar surface area (TPSA) is 105 Å². The van der Waals surface area contributed by atoms with Crippen LogP contribution in [0.2, 0.25) is 0 Å². The maximum Gasteiger partial charge on any atom is 0.309 e. The van der Waals surface area contributed by atoms with Crippen LogP contribution >= 0.6 is 0 Å². The highest BCUT2D eigenvalue weighted by Crippen LogP contribution is 2.31. The van der Waals surface area contributed by atoms with E-state index in [0.29, 0.717) is 18.7 Å². The second-order valence-corrected chi connectivity index (χ2v) is 7.58. The fourth-order valence-electron chi connectivity index (χ4n) is 3.58. The summed E-state index contributed by atoms with van der Waals surface area (Å²) in [7, 11) is 1.81. The molecule has 0 aromatic carbocycles. The number of ether oxygens (including phenoxy) is 2. The molecule has 2 aromatic rings. The number of hydrogen-bond acceptors (Lipinski definition) is 7. The zero-order valence-electron chi connectivity index (χ0n) is 17.0. The smallest absolute Gasteiger partial charge is 0.309 e. The van der Waals surface area contributed by atoms with Gasteiger partial charge in [0, 0.05) is 13.6 Å². The van der Waals surface area contributed by atoms with E-state index in [1.54, 1.807) is 4.68 Å². The van der Waals surface area contributed by atoms with Gasteiger partial charge in [-0.05, 0) is 58.6 Å². The Morgan fingerprint density at radius 1 is 1.36 bits per heavy atom. The molecule has 0 bridgehead atoms. The third-order valence-corrected chi connectivity index (χ3v) is 5.02. The van der Waals surface area contributed by atoms with Gasteiger partial charge in [-0.2, -0.15) is 0 Å². The van der Waals surface area contributed by atoms with Crippen molar-refractivity contribution in [2.24, 2.45) is 18.7 Å². The SMILES string of the molecule is Cc1nc(-c2nnn(C)c2CN)ccc1O[C@H]1CCC[C@H](C(=O)OC(C)C)C1. The molecule has 2 heterocycles. The monoisotopic (exact) mass is 387 g/mol. The lowest BCUT2D eigenvalue weighted by atomic mass is 9.87. The Hall–Kier alpha value is -2.48. The molecule has 1 aliphatic carbocycles. The van der Waals surface area contributed by atoms with Crippen LogP contribution in [0.3, 0.4) is 0 Å². The largest absolute Gasteiger partial charge is 0.489 e. The molecular formula is C20H29N5O3. The van der Waals surface area contributed by atoms with E-state index in [2.05, 4.69) is 15.3 Å². The van der Waals surface area contributed by atoms with Gasteiger partial charge in [0.15, 0.2) is 0 Å². The van der Waals surface area contributed by atoms with Gasteiger partial charge in [-0.25, -0.2) is 4.98 Å². The average molecular weight is 387 g/mol. The standard InChI is InChI=1S/C20H29N5O3/c1-12(2)27-20(26)14-6-5-7-15(10-14)28-18-9-8-16(22-13(18)3)19-17(11-21)25(4)24-23-19/h8-9,12,14-15H,5-7,10-11,21H2,1-4H3/t14-,15-/m0/s1. The molecule has 1 fully saturated rings. The number of carbonyl (C=O) groups excluding carboxylic acids is 1. The van der Waals surface area contributed by atoms with Gasteiger partial charge in [0.1, 0.15) is 11.4 Å². The molecule has 2 aromatic heterocycles. The van der Waals surface area contributed by atoms with Crippen molar-refractivity contribution < 1.29 is 14.3 Å². The van der Waals surface area contributed by atoms with E-state index in [4.69, 9.17) is 15.2 Å². The summed E-state index contributed by atoms with van der Waals surface area (Å²) in [6.07, 6.45) is 3.30. The second-order valence-electron chi connectivity index (χ2n) is 7.58. The Labute approximate surface area is 165 Å². The molecule has 8 nitrogen and oxygen atoms in total. The Bertz CT molecular complexity index is 833. The molecule has 28 heavy (non-hydrogen) atoms. The van der Waals surface area contributed by atoms with Crippen LogP contribution in [-0.2, 0) is 23.1 Å². The summed E-state index contributed by atoms with van der Waals surface area (Å²) in [5.41, 5.74) is 8.82. The predicted octanol–water partition coefficient (Wildman–Crippen LogP) is 2.53. The van der Waals surface area contributed by atoms with Crippen molar-refractivity contribution in [1.29, 1.82) is 0 Å². The normalized spacial score (nSPS) is 19.6. The van der Waals surface area contributed by atoms with Gasteiger partial charge in [0.05, 0.1) is 35.2 Å². The van der Waals surface area contributed by atoms with Crippen molar-refractivity contribution in [2.45, 2.75) is 65.2 Å². The molecular weight excluding hydrogens is 358 g/mol. The Morgan fingerprint density at radius 2 is 2.14 bits per heavy atom. The lowest BCUT2D eigenvalue weighted by Gasteiger charge is -2.29. The Balaban J connectivity index is 1.70. The molecule has 8 heteroatoms. The van der Waals surface area contributed by atoms with Crippen LogP contribution in [0.1, 0.15) is 50.9 Å². The molecule has 0 aliphatic heterocycles. The van der Waals surface area contributed by atoms with Crippen molar-refractivity contribution in [3.63, 3.8) is 0 Å². The summed E-state index contributed by atoms with van der Waals surface area (Å²) in [5, 5.41) is 8.20. The van der Waals surface area contributed by atoms with Crippen molar-refractivity contribution >= 4 is 5.97 Å². The molecule has 0 saturated heterocycles. The quantitative estimate of drug-likeness (QED) is 0.759.